The number of aromatic nitrogens is 3. The van der Waals surface area contributed by atoms with Crippen molar-refractivity contribution in [1.29, 1.82) is 0 Å². The molecule has 2 aromatic heterocycles. The second kappa shape index (κ2) is 17.5. The number of benzene rings is 11. The third-order valence-corrected chi connectivity index (χ3v) is 16.1. The molecule has 4 nitrogen and oxygen atoms in total. The van der Waals surface area contributed by atoms with E-state index < -0.39 is 5.41 Å². The van der Waals surface area contributed by atoms with Crippen molar-refractivity contribution in [3.63, 3.8) is 0 Å². The lowest BCUT2D eigenvalue weighted by molar-refractivity contribution is 0.584. The van der Waals surface area contributed by atoms with Gasteiger partial charge in [0.15, 0.2) is 0 Å². The first-order valence-corrected chi connectivity index (χ1v) is 26.4. The van der Waals surface area contributed by atoms with Crippen molar-refractivity contribution in [1.82, 2.24) is 14.8 Å². The molecule has 2 heterocycles. The number of nitrogens with zero attached hydrogens (tertiary/aromatic N) is 3. The van der Waals surface area contributed by atoms with Crippen LogP contribution in [0.3, 0.4) is 0 Å². The summed E-state index contributed by atoms with van der Waals surface area (Å²) >= 11 is 0. The molecule has 4 heteroatoms. The van der Waals surface area contributed by atoms with Gasteiger partial charge in [-0.3, -0.25) is 0 Å². The van der Waals surface area contributed by atoms with Gasteiger partial charge in [0.05, 0.1) is 16.4 Å². The van der Waals surface area contributed by atoms with Crippen LogP contribution in [0, 0.1) is 0 Å². The Morgan fingerprint density at radius 3 is 1.42 bits per heavy atom. The van der Waals surface area contributed by atoms with Crippen molar-refractivity contribution in [3.8, 4) is 95.4 Å². The van der Waals surface area contributed by atoms with E-state index in [1.165, 1.54) is 105 Å². The van der Waals surface area contributed by atoms with Crippen LogP contribution in [-0.2, 0) is 11.8 Å². The smallest absolute Gasteiger partial charge is 0.248 e. The minimum atomic E-state index is -0.411. The van der Waals surface area contributed by atoms with Gasteiger partial charge in [0.2, 0.25) is 11.8 Å². The van der Waals surface area contributed by atoms with Crippen LogP contribution in [0.15, 0.2) is 259 Å². The van der Waals surface area contributed by atoms with E-state index in [9.17, 15) is 0 Å². The van der Waals surface area contributed by atoms with E-state index in [-0.39, 0.29) is 0 Å². The maximum atomic E-state index is 6.15. The number of hydrogen-bond acceptors (Lipinski definition) is 3. The predicted octanol–water partition coefficient (Wildman–Crippen LogP) is 18.5. The molecule has 2 aliphatic rings. The fourth-order valence-corrected chi connectivity index (χ4v) is 12.8. The monoisotopic (exact) mass is 971 g/mol. The van der Waals surface area contributed by atoms with Crippen LogP contribution in [0.25, 0.3) is 117 Å². The minimum Gasteiger partial charge on any atom is -0.416 e. The van der Waals surface area contributed by atoms with E-state index in [1.807, 2.05) is 30.3 Å². The average Bonchev–Trinajstić information content (AvgIpc) is 4.26. The van der Waals surface area contributed by atoms with E-state index in [0.29, 0.717) is 11.8 Å². The largest absolute Gasteiger partial charge is 0.416 e. The highest BCUT2D eigenvalue weighted by Crippen LogP contribution is 2.63. The normalized spacial score (nSPS) is 12.8. The predicted molar refractivity (Wildman–Crippen MR) is 312 cm³/mol. The molecular formula is C72H49N3O. The fourth-order valence-electron chi connectivity index (χ4n) is 12.8. The molecule has 0 bridgehead atoms. The maximum absolute atomic E-state index is 6.15. The highest BCUT2D eigenvalue weighted by molar-refractivity contribution is 6.12. The van der Waals surface area contributed by atoms with Gasteiger partial charge in [-0.1, -0.05) is 201 Å². The second-order valence-corrected chi connectivity index (χ2v) is 20.3. The Balaban J connectivity index is 0.876. The van der Waals surface area contributed by atoms with Crippen molar-refractivity contribution in [2.75, 3.05) is 0 Å². The zero-order valence-electron chi connectivity index (χ0n) is 41.9. The SMILES string of the molecule is CCCc1ccc(-c2ccccc2-c2ccc(-c3nnc(-c4ccccc4)o3)cc2)c(-c2ccc3c(c2)c2cc(-c4ccc5c(c4)C4(c6ccccc6-c6ccccc64)c4ccccc4-5)ccc2n3-c2ccccc2)c1. The number of rotatable bonds is 9. The zero-order chi connectivity index (χ0) is 50.3. The first-order valence-electron chi connectivity index (χ1n) is 26.4. The molecule has 15 rings (SSSR count). The summed E-state index contributed by atoms with van der Waals surface area (Å²) in [6, 6.07) is 93.7. The number of hydrogen-bond donors (Lipinski definition) is 0. The molecule has 0 saturated heterocycles. The van der Waals surface area contributed by atoms with Gasteiger partial charge in [0, 0.05) is 27.6 Å². The second-order valence-electron chi connectivity index (χ2n) is 20.3. The van der Waals surface area contributed by atoms with Gasteiger partial charge in [-0.05, 0) is 168 Å². The molecule has 1 spiro atoms. The zero-order valence-corrected chi connectivity index (χ0v) is 41.9. The lowest BCUT2D eigenvalue weighted by atomic mass is 9.70. The Morgan fingerprint density at radius 1 is 0.342 bits per heavy atom. The van der Waals surface area contributed by atoms with Crippen LogP contribution >= 0.6 is 0 Å². The molecule has 0 fully saturated rings. The van der Waals surface area contributed by atoms with Gasteiger partial charge in [-0.15, -0.1) is 10.2 Å². The van der Waals surface area contributed by atoms with E-state index in [4.69, 9.17) is 4.42 Å². The molecule has 13 aromatic rings. The quantitative estimate of drug-likeness (QED) is 0.145. The summed E-state index contributed by atoms with van der Waals surface area (Å²) in [4.78, 5) is 0. The summed E-state index contributed by atoms with van der Waals surface area (Å²) in [6.07, 6.45) is 2.07. The molecule has 11 aromatic carbocycles. The molecular weight excluding hydrogens is 923 g/mol. The van der Waals surface area contributed by atoms with E-state index in [2.05, 4.69) is 246 Å². The number of fused-ring (bicyclic) bond motifs is 13. The molecule has 2 aliphatic carbocycles. The number of para-hydroxylation sites is 1. The van der Waals surface area contributed by atoms with Gasteiger partial charge in [0.1, 0.15) is 0 Å². The van der Waals surface area contributed by atoms with Gasteiger partial charge in [0.25, 0.3) is 0 Å². The molecule has 0 amide bonds. The fraction of sp³-hybridized carbons (Fsp3) is 0.0556. The van der Waals surface area contributed by atoms with E-state index >= 15 is 0 Å². The molecule has 0 unspecified atom stereocenters. The first kappa shape index (κ1) is 43.9. The lowest BCUT2D eigenvalue weighted by Crippen LogP contribution is -2.25. The highest BCUT2D eigenvalue weighted by atomic mass is 16.4. The average molecular weight is 972 g/mol. The lowest BCUT2D eigenvalue weighted by Gasteiger charge is -2.30. The topological polar surface area (TPSA) is 43.9 Å². The summed E-state index contributed by atoms with van der Waals surface area (Å²) in [5, 5.41) is 11.2. The van der Waals surface area contributed by atoms with Crippen molar-refractivity contribution in [2.45, 2.75) is 25.2 Å². The molecule has 0 atom stereocenters. The third kappa shape index (κ3) is 6.70. The summed E-state index contributed by atoms with van der Waals surface area (Å²) in [5.74, 6) is 1.00. The van der Waals surface area contributed by atoms with Crippen molar-refractivity contribution < 1.29 is 4.42 Å². The third-order valence-electron chi connectivity index (χ3n) is 16.1. The Morgan fingerprint density at radius 2 is 0.789 bits per heavy atom. The Labute approximate surface area is 441 Å². The molecule has 0 aliphatic heterocycles. The maximum Gasteiger partial charge on any atom is 0.248 e. The van der Waals surface area contributed by atoms with E-state index in [1.54, 1.807) is 0 Å². The van der Waals surface area contributed by atoms with Gasteiger partial charge in [-0.2, -0.15) is 0 Å². The van der Waals surface area contributed by atoms with Crippen LogP contribution in [0.2, 0.25) is 0 Å². The molecule has 76 heavy (non-hydrogen) atoms. The van der Waals surface area contributed by atoms with Gasteiger partial charge >= 0.3 is 0 Å². The highest BCUT2D eigenvalue weighted by Gasteiger charge is 2.51. The molecule has 0 saturated carbocycles. The summed E-state index contributed by atoms with van der Waals surface area (Å²) in [5.41, 5.74) is 26.3. The number of aryl methyl sites for hydroxylation is 1. The Bertz CT molecular complexity index is 4350. The first-order chi connectivity index (χ1) is 37.6. The van der Waals surface area contributed by atoms with Crippen LogP contribution in [0.4, 0.5) is 0 Å². The molecule has 0 radical (unpaired) electrons. The van der Waals surface area contributed by atoms with Crippen LogP contribution in [0.5, 0.6) is 0 Å². The Kier molecular flexibility index (Phi) is 10.1. The van der Waals surface area contributed by atoms with Crippen LogP contribution in [0.1, 0.15) is 41.2 Å². The Hall–Kier alpha value is -9.64. The van der Waals surface area contributed by atoms with Crippen LogP contribution < -0.4 is 0 Å². The summed E-state index contributed by atoms with van der Waals surface area (Å²) in [6.45, 7) is 2.26. The molecule has 0 N–H and O–H groups in total. The summed E-state index contributed by atoms with van der Waals surface area (Å²) < 4.78 is 8.58. The van der Waals surface area contributed by atoms with Gasteiger partial charge < -0.3 is 8.98 Å². The van der Waals surface area contributed by atoms with Crippen LogP contribution in [-0.4, -0.2) is 14.8 Å². The van der Waals surface area contributed by atoms with Crippen molar-refractivity contribution >= 4 is 21.8 Å². The summed E-state index contributed by atoms with van der Waals surface area (Å²) in [7, 11) is 0. The van der Waals surface area contributed by atoms with Gasteiger partial charge in [-0.25, -0.2) is 0 Å². The molecule has 358 valence electrons. The standard InChI is InChI=1S/C72H49N3O/c1-2-17-46-30-38-56(55-23-10-9-22-54(55)47-31-33-49(34-32-47)71-74-73-70(76-71)48-18-5-3-6-19-48)61(42-46)52-37-41-69-63(44-52)62-43-50(36-40-68(62)75(69)53-20-7-4-8-21-53)51-35-39-60-59-26-13-16-29-66(59)72(67(60)45-51)64-27-14-11-24-57(64)58-25-12-15-28-65(58)72/h3-16,18-45H,2,17H2,1H3. The van der Waals surface area contributed by atoms with Crippen molar-refractivity contribution in [2.24, 2.45) is 0 Å². The minimum absolute atomic E-state index is 0.411. The van der Waals surface area contributed by atoms with Crippen molar-refractivity contribution in [3.05, 3.63) is 283 Å². The van der Waals surface area contributed by atoms with E-state index in [0.717, 1.165) is 40.8 Å².